The lowest BCUT2D eigenvalue weighted by molar-refractivity contribution is 0.0695. The number of hydrogen-bond acceptors (Lipinski definition) is 4. The number of pyridine rings is 1. The van der Waals surface area contributed by atoms with Gasteiger partial charge in [0.1, 0.15) is 5.82 Å². The van der Waals surface area contributed by atoms with Gasteiger partial charge in [0.15, 0.2) is 0 Å². The number of carboxylic acids is 1. The summed E-state index contributed by atoms with van der Waals surface area (Å²) in [5.41, 5.74) is 0.767. The minimum atomic E-state index is -0.946. The van der Waals surface area contributed by atoms with E-state index in [0.717, 1.165) is 32.2 Å². The number of aliphatic hydroxyl groups excluding tert-OH is 1. The molecule has 1 aliphatic carbocycles. The maximum atomic E-state index is 10.9. The number of carboxylic acid groups (broad SMARTS) is 1. The Labute approximate surface area is 112 Å². The molecular formula is C14H20N2O3. The number of carbonyl (C=O) groups is 1. The number of anilines is 1. The molecule has 0 saturated heterocycles. The van der Waals surface area contributed by atoms with E-state index in [-0.39, 0.29) is 11.7 Å². The molecule has 1 aromatic rings. The largest absolute Gasteiger partial charge is 0.478 e. The van der Waals surface area contributed by atoms with Crippen molar-refractivity contribution in [3.05, 3.63) is 23.4 Å². The first kappa shape index (κ1) is 13.8. The van der Waals surface area contributed by atoms with Crippen LogP contribution in [0.1, 0.15) is 41.7 Å². The molecule has 19 heavy (non-hydrogen) atoms. The van der Waals surface area contributed by atoms with Crippen LogP contribution in [0.2, 0.25) is 0 Å². The smallest absolute Gasteiger partial charge is 0.337 e. The Kier molecular flexibility index (Phi) is 4.37. The lowest BCUT2D eigenvalue weighted by Crippen LogP contribution is -2.23. The number of nitrogens with zero attached hydrogens (tertiary/aromatic N) is 1. The molecule has 2 rings (SSSR count). The topological polar surface area (TPSA) is 82.5 Å². The third-order valence-electron chi connectivity index (χ3n) is 3.70. The molecule has 5 nitrogen and oxygen atoms in total. The quantitative estimate of drug-likeness (QED) is 0.775. The van der Waals surface area contributed by atoms with Crippen molar-refractivity contribution in [1.82, 2.24) is 4.98 Å². The number of rotatable bonds is 4. The Balaban J connectivity index is 1.89. The Morgan fingerprint density at radius 2 is 2.05 bits per heavy atom. The molecule has 1 heterocycles. The Hall–Kier alpha value is -1.62. The molecule has 0 bridgehead atoms. The second kappa shape index (κ2) is 6.02. The van der Waals surface area contributed by atoms with Crippen molar-refractivity contribution in [2.45, 2.75) is 38.7 Å². The predicted octanol–water partition coefficient (Wildman–Crippen LogP) is 2.05. The summed E-state index contributed by atoms with van der Waals surface area (Å²) in [4.78, 5) is 15.1. The minimum absolute atomic E-state index is 0.133. The van der Waals surface area contributed by atoms with Gasteiger partial charge in [-0.15, -0.1) is 0 Å². The average molecular weight is 264 g/mol. The first-order valence-electron chi connectivity index (χ1n) is 6.69. The lowest BCUT2D eigenvalue weighted by atomic mass is 9.87. The standard InChI is InChI=1S/C14H20N2O3/c1-9-12(14(18)19)6-7-13(16-9)15-8-10-2-4-11(17)5-3-10/h6-7,10-11,17H,2-5,8H2,1H3,(H,15,16)(H,18,19). The van der Waals surface area contributed by atoms with E-state index < -0.39 is 5.97 Å². The summed E-state index contributed by atoms with van der Waals surface area (Å²) >= 11 is 0. The van der Waals surface area contributed by atoms with Gasteiger partial charge in [0, 0.05) is 6.54 Å². The van der Waals surface area contributed by atoms with Crippen LogP contribution in [0, 0.1) is 12.8 Å². The fourth-order valence-electron chi connectivity index (χ4n) is 2.48. The Morgan fingerprint density at radius 3 is 2.63 bits per heavy atom. The summed E-state index contributed by atoms with van der Waals surface area (Å²) in [7, 11) is 0. The van der Waals surface area contributed by atoms with Crippen molar-refractivity contribution in [2.75, 3.05) is 11.9 Å². The maximum absolute atomic E-state index is 10.9. The molecular weight excluding hydrogens is 244 g/mol. The molecule has 0 atom stereocenters. The molecule has 1 aromatic heterocycles. The fourth-order valence-corrected chi connectivity index (χ4v) is 2.48. The van der Waals surface area contributed by atoms with Crippen LogP contribution in [0.4, 0.5) is 5.82 Å². The van der Waals surface area contributed by atoms with Gasteiger partial charge in [-0.2, -0.15) is 0 Å². The normalized spacial score (nSPS) is 23.1. The zero-order valence-electron chi connectivity index (χ0n) is 11.1. The van der Waals surface area contributed by atoms with Crippen LogP contribution in [0.3, 0.4) is 0 Å². The van der Waals surface area contributed by atoms with Crippen molar-refractivity contribution < 1.29 is 15.0 Å². The van der Waals surface area contributed by atoms with E-state index in [2.05, 4.69) is 10.3 Å². The molecule has 3 N–H and O–H groups in total. The average Bonchev–Trinajstić information content (AvgIpc) is 2.37. The number of nitrogens with one attached hydrogen (secondary N) is 1. The van der Waals surface area contributed by atoms with E-state index in [1.165, 1.54) is 0 Å². The highest BCUT2D eigenvalue weighted by Gasteiger charge is 2.19. The zero-order chi connectivity index (χ0) is 13.8. The van der Waals surface area contributed by atoms with Gasteiger partial charge >= 0.3 is 5.97 Å². The van der Waals surface area contributed by atoms with Crippen LogP contribution in [0.25, 0.3) is 0 Å². The Morgan fingerprint density at radius 1 is 1.37 bits per heavy atom. The maximum Gasteiger partial charge on any atom is 0.337 e. The molecule has 0 aliphatic heterocycles. The number of aliphatic hydroxyl groups is 1. The van der Waals surface area contributed by atoms with Crippen molar-refractivity contribution in [2.24, 2.45) is 5.92 Å². The SMILES string of the molecule is Cc1nc(NCC2CCC(O)CC2)ccc1C(=O)O. The molecule has 0 radical (unpaired) electrons. The molecule has 1 aliphatic rings. The van der Waals surface area contributed by atoms with Crippen LogP contribution >= 0.6 is 0 Å². The number of aryl methyl sites for hydroxylation is 1. The van der Waals surface area contributed by atoms with Crippen molar-refractivity contribution in [3.63, 3.8) is 0 Å². The molecule has 1 saturated carbocycles. The van der Waals surface area contributed by atoms with Crippen LogP contribution in [-0.2, 0) is 0 Å². The van der Waals surface area contributed by atoms with E-state index >= 15 is 0 Å². The highest BCUT2D eigenvalue weighted by Crippen LogP contribution is 2.24. The summed E-state index contributed by atoms with van der Waals surface area (Å²) < 4.78 is 0. The van der Waals surface area contributed by atoms with E-state index in [1.54, 1.807) is 19.1 Å². The molecule has 0 unspecified atom stereocenters. The van der Waals surface area contributed by atoms with Crippen LogP contribution in [0.15, 0.2) is 12.1 Å². The first-order chi connectivity index (χ1) is 9.06. The summed E-state index contributed by atoms with van der Waals surface area (Å²) in [6, 6.07) is 3.28. The van der Waals surface area contributed by atoms with Gasteiger partial charge in [-0.25, -0.2) is 9.78 Å². The molecule has 104 valence electrons. The van der Waals surface area contributed by atoms with E-state index in [0.29, 0.717) is 17.4 Å². The van der Waals surface area contributed by atoms with Gasteiger partial charge in [-0.05, 0) is 50.7 Å². The van der Waals surface area contributed by atoms with Gasteiger partial charge in [0.25, 0.3) is 0 Å². The third-order valence-corrected chi connectivity index (χ3v) is 3.70. The summed E-state index contributed by atoms with van der Waals surface area (Å²) in [5, 5.41) is 21.6. The van der Waals surface area contributed by atoms with Crippen LogP contribution < -0.4 is 5.32 Å². The molecule has 5 heteroatoms. The van der Waals surface area contributed by atoms with Gasteiger partial charge in [0.2, 0.25) is 0 Å². The van der Waals surface area contributed by atoms with E-state index in [1.807, 2.05) is 0 Å². The zero-order valence-corrected chi connectivity index (χ0v) is 11.1. The Bertz CT molecular complexity index is 454. The van der Waals surface area contributed by atoms with Crippen molar-refractivity contribution in [3.8, 4) is 0 Å². The minimum Gasteiger partial charge on any atom is -0.478 e. The van der Waals surface area contributed by atoms with Crippen molar-refractivity contribution in [1.29, 1.82) is 0 Å². The van der Waals surface area contributed by atoms with Crippen LogP contribution in [0.5, 0.6) is 0 Å². The van der Waals surface area contributed by atoms with Gasteiger partial charge in [-0.3, -0.25) is 0 Å². The molecule has 0 spiro atoms. The summed E-state index contributed by atoms with van der Waals surface area (Å²) in [6.07, 6.45) is 3.67. The van der Waals surface area contributed by atoms with Gasteiger partial charge < -0.3 is 15.5 Å². The van der Waals surface area contributed by atoms with Crippen molar-refractivity contribution >= 4 is 11.8 Å². The number of aromatic nitrogens is 1. The van der Waals surface area contributed by atoms with Gasteiger partial charge in [-0.1, -0.05) is 0 Å². The van der Waals surface area contributed by atoms with E-state index in [9.17, 15) is 9.90 Å². The molecule has 0 amide bonds. The number of hydrogen-bond donors (Lipinski definition) is 3. The first-order valence-corrected chi connectivity index (χ1v) is 6.69. The second-order valence-electron chi connectivity index (χ2n) is 5.19. The highest BCUT2D eigenvalue weighted by atomic mass is 16.4. The fraction of sp³-hybridized carbons (Fsp3) is 0.571. The van der Waals surface area contributed by atoms with E-state index in [4.69, 9.17) is 5.11 Å². The second-order valence-corrected chi connectivity index (χ2v) is 5.19. The summed E-state index contributed by atoms with van der Waals surface area (Å²) in [5.74, 6) is 0.330. The van der Waals surface area contributed by atoms with Crippen LogP contribution in [-0.4, -0.2) is 33.8 Å². The monoisotopic (exact) mass is 264 g/mol. The lowest BCUT2D eigenvalue weighted by Gasteiger charge is -2.25. The highest BCUT2D eigenvalue weighted by molar-refractivity contribution is 5.89. The number of aromatic carboxylic acids is 1. The molecule has 0 aromatic carbocycles. The predicted molar refractivity (Wildman–Crippen MR) is 72.4 cm³/mol. The molecule has 1 fully saturated rings. The third kappa shape index (κ3) is 3.67. The van der Waals surface area contributed by atoms with Gasteiger partial charge in [0.05, 0.1) is 17.4 Å². The summed E-state index contributed by atoms with van der Waals surface area (Å²) in [6.45, 7) is 2.52.